The highest BCUT2D eigenvalue weighted by atomic mass is 27.0. The van der Waals surface area contributed by atoms with Crippen molar-refractivity contribution in [2.24, 2.45) is 0 Å². The molecule has 1 saturated carbocycles. The minimum atomic E-state index is -1.11. The van der Waals surface area contributed by atoms with E-state index in [9.17, 15) is 20.4 Å². The molecule has 7 N–H and O–H groups in total. The zero-order valence-corrected chi connectivity index (χ0v) is 18.6. The first-order valence-electron chi connectivity index (χ1n) is 10.2. The lowest BCUT2D eigenvalue weighted by molar-refractivity contribution is -0.293. The van der Waals surface area contributed by atoms with Crippen LogP contribution in [-0.2, 0) is 14.2 Å². The number of aliphatic hydroxyl groups excluding tert-OH is 3. The Labute approximate surface area is 180 Å². The third kappa shape index (κ3) is 6.32. The van der Waals surface area contributed by atoms with E-state index in [-0.39, 0.29) is 12.5 Å². The molecule has 0 bridgehead atoms. The van der Waals surface area contributed by atoms with Crippen molar-refractivity contribution < 1.29 is 34.6 Å². The highest BCUT2D eigenvalue weighted by Gasteiger charge is 2.52. The van der Waals surface area contributed by atoms with Crippen LogP contribution in [0.5, 0.6) is 0 Å². The smallest absolute Gasteiger partial charge is 0.161 e. The lowest BCUT2D eigenvalue weighted by Gasteiger charge is -2.49. The van der Waals surface area contributed by atoms with Crippen molar-refractivity contribution in [3.63, 3.8) is 0 Å². The van der Waals surface area contributed by atoms with Crippen LogP contribution in [0, 0.1) is 0 Å². The quantitative estimate of drug-likeness (QED) is 0.108. The van der Waals surface area contributed by atoms with Crippen LogP contribution in [0.25, 0.3) is 0 Å². The number of ether oxygens (including phenoxy) is 3. The van der Waals surface area contributed by atoms with Gasteiger partial charge in [0.2, 0.25) is 0 Å². The van der Waals surface area contributed by atoms with Crippen molar-refractivity contribution in [1.29, 1.82) is 0 Å². The van der Waals surface area contributed by atoms with E-state index in [0.717, 1.165) is 11.8 Å². The molecule has 29 heavy (non-hydrogen) atoms. The molecule has 2 aliphatic rings. The Kier molecular flexibility index (Phi) is 10.2. The van der Waals surface area contributed by atoms with Crippen molar-refractivity contribution in [1.82, 2.24) is 16.0 Å². The molecule has 9 atom stereocenters. The van der Waals surface area contributed by atoms with E-state index in [4.69, 9.17) is 14.2 Å². The average Bonchev–Trinajstić information content (AvgIpc) is 2.65. The standard InChI is InChI=1S/C18H36N3O7.Al/c1-5-21-8-18(25)6-10(2)27-11(7-18)28-17-15(24)12(19-3)14(23)13(20-4)16(17)26-9-22;/h10-17,19-25H,1,5-9H2,2-4H3;/t10-,11+,12-,13+,14+,15+,16-,17-,18+;/m1./s1. The zero-order chi connectivity index (χ0) is 21.6. The first-order valence-corrected chi connectivity index (χ1v) is 11.0. The molecule has 0 aromatic heterocycles. The van der Waals surface area contributed by atoms with E-state index >= 15 is 0 Å². The molecule has 1 heterocycles. The van der Waals surface area contributed by atoms with Crippen LogP contribution >= 0.6 is 0 Å². The Morgan fingerprint density at radius 1 is 1.10 bits per heavy atom. The summed E-state index contributed by atoms with van der Waals surface area (Å²) in [7, 11) is 3.31. The fraction of sp³-hybridized carbons (Fsp3) is 1.00. The molecule has 1 aliphatic heterocycles. The summed E-state index contributed by atoms with van der Waals surface area (Å²) in [4.78, 5) is 0. The molecule has 168 valence electrons. The highest BCUT2D eigenvalue weighted by Crippen LogP contribution is 2.33. The molecule has 1 aliphatic carbocycles. The van der Waals surface area contributed by atoms with E-state index in [2.05, 4.69) is 32.2 Å². The number of hydrogen-bond acceptors (Lipinski definition) is 10. The third-order valence-electron chi connectivity index (χ3n) is 5.73. The molecule has 0 aromatic carbocycles. The Bertz CT molecular complexity index is 494. The normalized spacial score (nSPS) is 43.4. The lowest BCUT2D eigenvalue weighted by atomic mass is 9.81. The van der Waals surface area contributed by atoms with Crippen LogP contribution in [0.2, 0.25) is 5.28 Å². The molecule has 2 rings (SSSR count). The predicted molar refractivity (Wildman–Crippen MR) is 106 cm³/mol. The van der Waals surface area contributed by atoms with Gasteiger partial charge in [-0.15, -0.1) is 5.28 Å². The molecule has 0 spiro atoms. The second-order valence-electron chi connectivity index (χ2n) is 7.95. The van der Waals surface area contributed by atoms with Crippen molar-refractivity contribution in [3.05, 3.63) is 0 Å². The first-order chi connectivity index (χ1) is 13.8. The van der Waals surface area contributed by atoms with Crippen molar-refractivity contribution >= 4 is 16.3 Å². The van der Waals surface area contributed by atoms with Crippen LogP contribution in [0.4, 0.5) is 0 Å². The van der Waals surface area contributed by atoms with Crippen LogP contribution in [-0.4, -0.2) is 125 Å². The highest BCUT2D eigenvalue weighted by molar-refractivity contribution is 6.08. The maximum atomic E-state index is 11.0. The van der Waals surface area contributed by atoms with Gasteiger partial charge in [0.15, 0.2) is 6.29 Å². The summed E-state index contributed by atoms with van der Waals surface area (Å²) in [6.07, 6.45) is -4.08. The van der Waals surface area contributed by atoms with Gasteiger partial charge in [-0.05, 0) is 27.6 Å². The molecule has 0 aromatic rings. The monoisotopic (exact) mass is 433 g/mol. The van der Waals surface area contributed by atoms with Crippen LogP contribution < -0.4 is 16.0 Å². The van der Waals surface area contributed by atoms with Crippen molar-refractivity contribution in [2.45, 2.75) is 79.5 Å². The molecule has 1 saturated heterocycles. The average molecular weight is 433 g/mol. The summed E-state index contributed by atoms with van der Waals surface area (Å²) < 4.78 is 17.4. The minimum absolute atomic E-state index is 0.229. The summed E-state index contributed by atoms with van der Waals surface area (Å²) in [5, 5.41) is 51.8. The summed E-state index contributed by atoms with van der Waals surface area (Å²) in [5.41, 5.74) is -1.00. The fourth-order valence-corrected chi connectivity index (χ4v) is 4.65. The molecule has 2 radical (unpaired) electrons. The van der Waals surface area contributed by atoms with E-state index in [0.29, 0.717) is 13.0 Å². The van der Waals surface area contributed by atoms with E-state index < -0.39 is 55.2 Å². The van der Waals surface area contributed by atoms with E-state index in [1.54, 1.807) is 14.1 Å². The number of aliphatic hydroxyl groups is 4. The summed E-state index contributed by atoms with van der Waals surface area (Å²) in [5.74, 6) is 0. The third-order valence-corrected chi connectivity index (χ3v) is 6.02. The fourth-order valence-electron chi connectivity index (χ4n) is 4.45. The van der Waals surface area contributed by atoms with E-state index in [1.807, 2.05) is 6.92 Å². The van der Waals surface area contributed by atoms with E-state index in [1.165, 1.54) is 0 Å². The van der Waals surface area contributed by atoms with Gasteiger partial charge in [-0.2, -0.15) is 0 Å². The second-order valence-corrected chi connectivity index (χ2v) is 8.52. The molecular formula is C18H36AlN3O7. The number of hydrogen-bond donors (Lipinski definition) is 7. The predicted octanol–water partition coefficient (Wildman–Crippen LogP) is -2.95. The largest absolute Gasteiger partial charge is 0.390 e. The molecule has 0 amide bonds. The van der Waals surface area contributed by atoms with Crippen LogP contribution in [0.1, 0.15) is 19.8 Å². The van der Waals surface area contributed by atoms with Gasteiger partial charge in [-0.25, -0.2) is 0 Å². The molecule has 0 unspecified atom stereocenters. The molecule has 11 heteroatoms. The van der Waals surface area contributed by atoms with Gasteiger partial charge >= 0.3 is 0 Å². The summed E-state index contributed by atoms with van der Waals surface area (Å²) >= 11 is 2.63. The Morgan fingerprint density at radius 2 is 1.79 bits per heavy atom. The Morgan fingerprint density at radius 3 is 2.38 bits per heavy atom. The topological polar surface area (TPSA) is 145 Å². The summed E-state index contributed by atoms with van der Waals surface area (Å²) in [6.45, 7) is 2.46. The van der Waals surface area contributed by atoms with Gasteiger partial charge in [0.05, 0.1) is 29.9 Å². The lowest BCUT2D eigenvalue weighted by Crippen LogP contribution is -2.71. The van der Waals surface area contributed by atoms with Crippen molar-refractivity contribution in [3.8, 4) is 0 Å². The number of rotatable bonds is 10. The Hall–Kier alpha value is 0.132. The van der Waals surface area contributed by atoms with Gasteiger partial charge in [-0.3, -0.25) is 0 Å². The molecular weight excluding hydrogens is 397 g/mol. The van der Waals surface area contributed by atoms with Gasteiger partial charge in [-0.1, -0.05) is 0 Å². The van der Waals surface area contributed by atoms with Gasteiger partial charge in [0.25, 0.3) is 0 Å². The second kappa shape index (κ2) is 11.7. The molecule has 10 nitrogen and oxygen atoms in total. The van der Waals surface area contributed by atoms with Gasteiger partial charge < -0.3 is 50.6 Å². The minimum Gasteiger partial charge on any atom is -0.390 e. The number of nitrogens with one attached hydrogen (secondary N) is 3. The van der Waals surface area contributed by atoms with Crippen molar-refractivity contribution in [2.75, 3.05) is 34.0 Å². The maximum absolute atomic E-state index is 11.0. The SMILES string of the molecule is CN[C@@H]1[C@H](O)[C@H](NC)[C@@H](OCO)[C@H](O[C@H]2C[C@](O)(CNC[CH2][Al])C[C@@H](C)O2)[C@H]1O. The van der Waals surface area contributed by atoms with Gasteiger partial charge in [0.1, 0.15) is 41.4 Å². The molecule has 2 fully saturated rings. The number of likely N-dealkylation sites (N-methyl/N-ethyl adjacent to an activating group) is 2. The first kappa shape index (κ1) is 25.4. The zero-order valence-electron chi connectivity index (χ0n) is 17.5. The summed E-state index contributed by atoms with van der Waals surface area (Å²) in [6, 6.07) is -1.25. The van der Waals surface area contributed by atoms with Crippen LogP contribution in [0.3, 0.4) is 0 Å². The van der Waals surface area contributed by atoms with Crippen LogP contribution in [0.15, 0.2) is 0 Å². The Balaban J connectivity index is 2.16. The van der Waals surface area contributed by atoms with Gasteiger partial charge in [0, 0.05) is 19.4 Å². The maximum Gasteiger partial charge on any atom is 0.161 e.